The molecule has 0 spiro atoms. The van der Waals surface area contributed by atoms with Crippen LogP contribution >= 0.6 is 11.6 Å². The fourth-order valence-electron chi connectivity index (χ4n) is 5.34. The number of halogens is 1. The van der Waals surface area contributed by atoms with Crippen molar-refractivity contribution < 1.29 is 9.53 Å². The SMILES string of the molecule is COC(=O)c1cc(Cl)ccc1Cc1ccc2c(cnn2Cc2ccccc2)c1.Nc1ccc2c(cnn2Cc2ccccc2)c1. The number of fused-ring (bicyclic) bond motifs is 2. The number of aromatic nitrogens is 4. The van der Waals surface area contributed by atoms with Gasteiger partial charge in [0.05, 0.1) is 49.2 Å². The molecule has 224 valence electrons. The number of nitrogens with zero attached hydrogens (tertiary/aromatic N) is 4. The molecule has 0 aliphatic heterocycles. The van der Waals surface area contributed by atoms with Crippen molar-refractivity contribution in [3.8, 4) is 0 Å². The monoisotopic (exact) mass is 613 g/mol. The number of benzene rings is 5. The second-order valence-corrected chi connectivity index (χ2v) is 11.2. The molecule has 0 saturated carbocycles. The summed E-state index contributed by atoms with van der Waals surface area (Å²) >= 11 is 6.05. The van der Waals surface area contributed by atoms with Gasteiger partial charge in [-0.3, -0.25) is 9.36 Å². The lowest BCUT2D eigenvalue weighted by Gasteiger charge is -2.09. The Kier molecular flexibility index (Phi) is 8.89. The van der Waals surface area contributed by atoms with E-state index in [9.17, 15) is 4.79 Å². The van der Waals surface area contributed by atoms with E-state index in [0.717, 1.165) is 51.7 Å². The molecule has 0 saturated heterocycles. The number of rotatable bonds is 7. The Bertz CT molecular complexity index is 2070. The number of esters is 1. The Morgan fingerprint density at radius 2 is 1.29 bits per heavy atom. The van der Waals surface area contributed by atoms with Gasteiger partial charge in [-0.2, -0.15) is 10.2 Å². The van der Waals surface area contributed by atoms with Crippen molar-refractivity contribution in [2.75, 3.05) is 12.8 Å². The van der Waals surface area contributed by atoms with Gasteiger partial charge in [-0.05, 0) is 71.1 Å². The molecule has 2 aromatic heterocycles. The molecule has 0 unspecified atom stereocenters. The van der Waals surface area contributed by atoms with Gasteiger partial charge >= 0.3 is 5.97 Å². The van der Waals surface area contributed by atoms with E-state index < -0.39 is 0 Å². The molecule has 2 N–H and O–H groups in total. The van der Waals surface area contributed by atoms with Crippen LogP contribution in [0, 0.1) is 0 Å². The Balaban J connectivity index is 0.000000179. The highest BCUT2D eigenvalue weighted by atomic mass is 35.5. The maximum Gasteiger partial charge on any atom is 0.338 e. The number of nitrogen functional groups attached to an aromatic ring is 1. The lowest BCUT2D eigenvalue weighted by Crippen LogP contribution is -2.06. The summed E-state index contributed by atoms with van der Waals surface area (Å²) in [6.45, 7) is 1.52. The summed E-state index contributed by atoms with van der Waals surface area (Å²) in [6.07, 6.45) is 4.35. The second kappa shape index (κ2) is 13.5. The van der Waals surface area contributed by atoms with Crippen LogP contribution in [0.3, 0.4) is 0 Å². The van der Waals surface area contributed by atoms with Gasteiger partial charge in [0.25, 0.3) is 0 Å². The van der Waals surface area contributed by atoms with Gasteiger partial charge in [-0.1, -0.05) is 84.4 Å². The molecule has 0 aliphatic carbocycles. The van der Waals surface area contributed by atoms with E-state index in [2.05, 4.69) is 52.7 Å². The molecule has 7 nitrogen and oxygen atoms in total. The summed E-state index contributed by atoms with van der Waals surface area (Å²) in [5, 5.41) is 11.6. The minimum Gasteiger partial charge on any atom is -0.465 e. The Morgan fingerprint density at radius 1 is 0.711 bits per heavy atom. The van der Waals surface area contributed by atoms with Gasteiger partial charge in [0.2, 0.25) is 0 Å². The van der Waals surface area contributed by atoms with Crippen LogP contribution in [-0.2, 0) is 24.2 Å². The van der Waals surface area contributed by atoms with E-state index in [-0.39, 0.29) is 5.97 Å². The average molecular weight is 614 g/mol. The summed E-state index contributed by atoms with van der Waals surface area (Å²) in [4.78, 5) is 12.1. The third kappa shape index (κ3) is 7.06. The highest BCUT2D eigenvalue weighted by Gasteiger charge is 2.14. The molecule has 7 aromatic rings. The fraction of sp³-hybridized carbons (Fsp3) is 0.108. The highest BCUT2D eigenvalue weighted by Crippen LogP contribution is 2.23. The zero-order valence-corrected chi connectivity index (χ0v) is 25.6. The number of carbonyl (C=O) groups is 1. The summed E-state index contributed by atoms with van der Waals surface area (Å²) in [7, 11) is 1.38. The first kappa shape index (κ1) is 29.7. The van der Waals surface area contributed by atoms with Gasteiger partial charge in [0, 0.05) is 21.5 Å². The quantitative estimate of drug-likeness (QED) is 0.146. The van der Waals surface area contributed by atoms with Gasteiger partial charge in [-0.25, -0.2) is 4.79 Å². The van der Waals surface area contributed by atoms with Crippen LogP contribution in [0.4, 0.5) is 5.69 Å². The van der Waals surface area contributed by atoms with E-state index in [4.69, 9.17) is 22.1 Å². The molecule has 5 aromatic carbocycles. The van der Waals surface area contributed by atoms with Crippen LogP contribution < -0.4 is 5.73 Å². The Morgan fingerprint density at radius 3 is 1.89 bits per heavy atom. The molecule has 7 rings (SSSR count). The summed E-state index contributed by atoms with van der Waals surface area (Å²) in [5.41, 5.74) is 13.6. The third-order valence-corrected chi connectivity index (χ3v) is 7.83. The number of methoxy groups -OCH3 is 1. The zero-order chi connectivity index (χ0) is 31.2. The molecule has 45 heavy (non-hydrogen) atoms. The predicted octanol–water partition coefficient (Wildman–Crippen LogP) is 7.78. The van der Waals surface area contributed by atoms with Crippen LogP contribution in [-0.4, -0.2) is 32.6 Å². The van der Waals surface area contributed by atoms with E-state index in [0.29, 0.717) is 17.0 Å². The maximum absolute atomic E-state index is 12.1. The Labute approximate surface area is 266 Å². The molecule has 0 amide bonds. The zero-order valence-electron chi connectivity index (χ0n) is 24.8. The lowest BCUT2D eigenvalue weighted by atomic mass is 9.99. The van der Waals surface area contributed by atoms with Crippen molar-refractivity contribution in [1.82, 2.24) is 19.6 Å². The maximum atomic E-state index is 12.1. The number of carbonyl (C=O) groups excluding carboxylic acids is 1. The Hall–Kier alpha value is -5.40. The van der Waals surface area contributed by atoms with Crippen LogP contribution in [0.1, 0.15) is 32.6 Å². The molecule has 0 aliphatic rings. The van der Waals surface area contributed by atoms with E-state index in [1.165, 1.54) is 18.2 Å². The van der Waals surface area contributed by atoms with Crippen LogP contribution in [0.25, 0.3) is 21.8 Å². The first-order chi connectivity index (χ1) is 22.0. The van der Waals surface area contributed by atoms with Gasteiger partial charge in [0.15, 0.2) is 0 Å². The van der Waals surface area contributed by atoms with Crippen molar-refractivity contribution in [1.29, 1.82) is 0 Å². The summed E-state index contributed by atoms with van der Waals surface area (Å²) in [5.74, 6) is -0.380. The lowest BCUT2D eigenvalue weighted by molar-refractivity contribution is 0.0599. The number of nitrogens with two attached hydrogens (primary N) is 1. The number of anilines is 1. The summed E-state index contributed by atoms with van der Waals surface area (Å²) in [6, 6.07) is 38.0. The largest absolute Gasteiger partial charge is 0.465 e. The van der Waals surface area contributed by atoms with Gasteiger partial charge < -0.3 is 10.5 Å². The molecular weight excluding hydrogens is 582 g/mol. The number of hydrogen-bond acceptors (Lipinski definition) is 5. The average Bonchev–Trinajstić information content (AvgIpc) is 3.65. The topological polar surface area (TPSA) is 88.0 Å². The smallest absolute Gasteiger partial charge is 0.338 e. The minimum atomic E-state index is -0.380. The summed E-state index contributed by atoms with van der Waals surface area (Å²) < 4.78 is 8.88. The van der Waals surface area contributed by atoms with E-state index in [1.807, 2.05) is 82.4 Å². The molecule has 0 bridgehead atoms. The molecule has 0 atom stereocenters. The fourth-order valence-corrected chi connectivity index (χ4v) is 5.51. The van der Waals surface area contributed by atoms with Crippen LogP contribution in [0.5, 0.6) is 0 Å². The van der Waals surface area contributed by atoms with Crippen molar-refractivity contribution in [2.24, 2.45) is 0 Å². The minimum absolute atomic E-state index is 0.380. The van der Waals surface area contributed by atoms with Crippen molar-refractivity contribution in [3.63, 3.8) is 0 Å². The number of hydrogen-bond donors (Lipinski definition) is 1. The molecular formula is C37H32ClN5O2. The molecule has 2 heterocycles. The second-order valence-electron chi connectivity index (χ2n) is 10.8. The van der Waals surface area contributed by atoms with Crippen molar-refractivity contribution in [3.05, 3.63) is 160 Å². The van der Waals surface area contributed by atoms with Crippen molar-refractivity contribution in [2.45, 2.75) is 19.5 Å². The first-order valence-corrected chi connectivity index (χ1v) is 14.9. The van der Waals surface area contributed by atoms with Gasteiger partial charge in [-0.15, -0.1) is 0 Å². The third-order valence-electron chi connectivity index (χ3n) is 7.59. The van der Waals surface area contributed by atoms with E-state index >= 15 is 0 Å². The first-order valence-electron chi connectivity index (χ1n) is 14.6. The predicted molar refractivity (Wildman–Crippen MR) is 181 cm³/mol. The number of ether oxygens (including phenoxy) is 1. The van der Waals surface area contributed by atoms with Crippen LogP contribution in [0.2, 0.25) is 5.02 Å². The molecule has 0 fully saturated rings. The van der Waals surface area contributed by atoms with Crippen LogP contribution in [0.15, 0.2) is 128 Å². The van der Waals surface area contributed by atoms with Gasteiger partial charge in [0.1, 0.15) is 0 Å². The highest BCUT2D eigenvalue weighted by molar-refractivity contribution is 6.31. The standard InChI is InChI=1S/C23H19ClN2O2.C14H13N3/c1-28-23(27)21-13-20(24)9-8-18(21)11-17-7-10-22-19(12-17)14-25-26(22)15-16-5-3-2-4-6-16;15-13-6-7-14-12(8-13)9-16-17(14)10-11-4-2-1-3-5-11/h2-10,12-14H,11,15H2,1H3;1-9H,10,15H2. The van der Waals surface area contributed by atoms with E-state index in [1.54, 1.807) is 12.1 Å². The normalized spacial score (nSPS) is 10.9. The molecule has 8 heteroatoms. The molecule has 0 radical (unpaired) electrons. The van der Waals surface area contributed by atoms with Crippen molar-refractivity contribution >= 4 is 45.1 Å².